The molecule has 0 aliphatic heterocycles. The smallest absolute Gasteiger partial charge is 0.140 e. The Morgan fingerprint density at radius 3 is 2.82 bits per heavy atom. The normalized spacial score (nSPS) is 17.8. The van der Waals surface area contributed by atoms with Crippen LogP contribution in [-0.2, 0) is 6.54 Å². The fraction of sp³-hybridized carbons (Fsp3) is 0.786. The maximum Gasteiger partial charge on any atom is 0.140 e. The molecule has 17 heavy (non-hydrogen) atoms. The zero-order chi connectivity index (χ0) is 12.1. The zero-order valence-electron chi connectivity index (χ0n) is 11.0. The Morgan fingerprint density at radius 2 is 2.12 bits per heavy atom. The van der Waals surface area contributed by atoms with E-state index in [4.69, 9.17) is 4.52 Å². The first-order valence-electron chi connectivity index (χ1n) is 6.92. The van der Waals surface area contributed by atoms with E-state index in [1.165, 1.54) is 32.1 Å². The summed E-state index contributed by atoms with van der Waals surface area (Å²) in [6.07, 6.45) is 6.61. The molecule has 2 rings (SSSR count). The minimum Gasteiger partial charge on any atom is -0.361 e. The molecule has 1 heterocycles. The molecule has 1 N–H and O–H groups in total. The van der Waals surface area contributed by atoms with Crippen LogP contribution in [0.4, 0.5) is 0 Å². The second kappa shape index (κ2) is 6.20. The minimum atomic E-state index is 0.620. The van der Waals surface area contributed by atoms with Gasteiger partial charge in [-0.3, -0.25) is 0 Å². The summed E-state index contributed by atoms with van der Waals surface area (Å²) in [5.41, 5.74) is 1.05. The number of rotatable bonds is 5. The molecule has 0 bridgehead atoms. The predicted octanol–water partition coefficient (Wildman–Crippen LogP) is 3.47. The van der Waals surface area contributed by atoms with Gasteiger partial charge in [0.15, 0.2) is 0 Å². The summed E-state index contributed by atoms with van der Waals surface area (Å²) in [6, 6.07) is 2.14. The molecule has 0 amide bonds. The van der Waals surface area contributed by atoms with Crippen LogP contribution in [0.5, 0.6) is 0 Å². The van der Waals surface area contributed by atoms with Gasteiger partial charge in [0.25, 0.3) is 0 Å². The van der Waals surface area contributed by atoms with Gasteiger partial charge in [-0.15, -0.1) is 0 Å². The molecule has 1 aliphatic carbocycles. The molecule has 1 saturated carbocycles. The van der Waals surface area contributed by atoms with Crippen LogP contribution in [0, 0.1) is 5.92 Å². The van der Waals surface area contributed by atoms with Crippen molar-refractivity contribution in [3.63, 3.8) is 0 Å². The van der Waals surface area contributed by atoms with Crippen LogP contribution in [0.25, 0.3) is 0 Å². The first-order chi connectivity index (χ1) is 8.25. The average molecular weight is 236 g/mol. The quantitative estimate of drug-likeness (QED) is 0.850. The maximum absolute atomic E-state index is 5.47. The van der Waals surface area contributed by atoms with Gasteiger partial charge in [-0.2, -0.15) is 0 Å². The number of hydrogen-bond acceptors (Lipinski definition) is 3. The molecule has 0 unspecified atom stereocenters. The van der Waals surface area contributed by atoms with Gasteiger partial charge in [-0.25, -0.2) is 0 Å². The molecular formula is C14H24N2O. The zero-order valence-corrected chi connectivity index (χ0v) is 11.0. The third-order valence-electron chi connectivity index (χ3n) is 3.44. The first-order valence-corrected chi connectivity index (χ1v) is 6.92. The summed E-state index contributed by atoms with van der Waals surface area (Å²) in [5.74, 6) is 2.40. The molecule has 1 aliphatic rings. The monoisotopic (exact) mass is 236 g/mol. The summed E-state index contributed by atoms with van der Waals surface area (Å²) in [6.45, 7) is 6.28. The molecule has 0 spiro atoms. The van der Waals surface area contributed by atoms with E-state index in [0.29, 0.717) is 11.8 Å². The molecule has 96 valence electrons. The number of hydrogen-bond donors (Lipinski definition) is 1. The van der Waals surface area contributed by atoms with Crippen molar-refractivity contribution in [2.24, 2.45) is 5.92 Å². The lowest BCUT2D eigenvalue weighted by Crippen LogP contribution is -2.19. The van der Waals surface area contributed by atoms with Crippen LogP contribution < -0.4 is 5.32 Å². The Balaban J connectivity index is 1.82. The van der Waals surface area contributed by atoms with Gasteiger partial charge in [0.2, 0.25) is 0 Å². The standard InChI is InChI=1S/C14H24N2O/c1-11(2)9-15-10-13-8-14(17-16-13)12-6-4-3-5-7-12/h8,11-12,15H,3-7,9-10H2,1-2H3. The summed E-state index contributed by atoms with van der Waals surface area (Å²) in [5, 5.41) is 7.55. The van der Waals surface area contributed by atoms with E-state index in [-0.39, 0.29) is 0 Å². The van der Waals surface area contributed by atoms with Crippen LogP contribution in [0.1, 0.15) is 63.3 Å². The Labute approximate surface area is 104 Å². The summed E-state index contributed by atoms with van der Waals surface area (Å²) in [7, 11) is 0. The lowest BCUT2D eigenvalue weighted by molar-refractivity contribution is 0.318. The van der Waals surface area contributed by atoms with E-state index >= 15 is 0 Å². The van der Waals surface area contributed by atoms with Crippen molar-refractivity contribution in [2.75, 3.05) is 6.54 Å². The maximum atomic E-state index is 5.47. The van der Waals surface area contributed by atoms with E-state index in [2.05, 4.69) is 30.4 Å². The van der Waals surface area contributed by atoms with Gasteiger partial charge in [-0.05, 0) is 25.3 Å². The average Bonchev–Trinajstić information content (AvgIpc) is 2.78. The summed E-state index contributed by atoms with van der Waals surface area (Å²) >= 11 is 0. The Bertz CT molecular complexity index is 327. The largest absolute Gasteiger partial charge is 0.361 e. The van der Waals surface area contributed by atoms with Crippen molar-refractivity contribution < 1.29 is 4.52 Å². The van der Waals surface area contributed by atoms with Crippen molar-refractivity contribution in [2.45, 2.75) is 58.4 Å². The van der Waals surface area contributed by atoms with Gasteiger partial charge in [0.05, 0.1) is 5.69 Å². The highest BCUT2D eigenvalue weighted by Crippen LogP contribution is 2.32. The minimum absolute atomic E-state index is 0.620. The van der Waals surface area contributed by atoms with Crippen molar-refractivity contribution in [3.05, 3.63) is 17.5 Å². The van der Waals surface area contributed by atoms with Crippen molar-refractivity contribution >= 4 is 0 Å². The second-order valence-corrected chi connectivity index (χ2v) is 5.58. The number of nitrogens with zero attached hydrogens (tertiary/aromatic N) is 1. The van der Waals surface area contributed by atoms with Crippen molar-refractivity contribution in [1.82, 2.24) is 10.5 Å². The van der Waals surface area contributed by atoms with Crippen LogP contribution in [-0.4, -0.2) is 11.7 Å². The van der Waals surface area contributed by atoms with E-state index in [1.54, 1.807) is 0 Å². The van der Waals surface area contributed by atoms with Gasteiger partial charge in [0.1, 0.15) is 5.76 Å². The SMILES string of the molecule is CC(C)CNCc1cc(C2CCCCC2)on1. The lowest BCUT2D eigenvalue weighted by atomic mass is 9.87. The highest BCUT2D eigenvalue weighted by molar-refractivity contribution is 5.10. The third kappa shape index (κ3) is 3.84. The Kier molecular flexibility index (Phi) is 4.60. The van der Waals surface area contributed by atoms with Gasteiger partial charge >= 0.3 is 0 Å². The molecule has 1 aromatic heterocycles. The molecule has 1 fully saturated rings. The first kappa shape index (κ1) is 12.6. The second-order valence-electron chi connectivity index (χ2n) is 5.58. The topological polar surface area (TPSA) is 38.1 Å². The van der Waals surface area contributed by atoms with Gasteiger partial charge < -0.3 is 9.84 Å². The third-order valence-corrected chi connectivity index (χ3v) is 3.44. The summed E-state index contributed by atoms with van der Waals surface area (Å²) in [4.78, 5) is 0. The van der Waals surface area contributed by atoms with Crippen molar-refractivity contribution in [1.29, 1.82) is 0 Å². The van der Waals surface area contributed by atoms with E-state index in [1.807, 2.05) is 0 Å². The molecule has 3 nitrogen and oxygen atoms in total. The molecular weight excluding hydrogens is 212 g/mol. The highest BCUT2D eigenvalue weighted by Gasteiger charge is 2.19. The van der Waals surface area contributed by atoms with E-state index < -0.39 is 0 Å². The van der Waals surface area contributed by atoms with E-state index in [9.17, 15) is 0 Å². The van der Waals surface area contributed by atoms with Crippen LogP contribution in [0.3, 0.4) is 0 Å². The number of aromatic nitrogens is 1. The lowest BCUT2D eigenvalue weighted by Gasteiger charge is -2.18. The van der Waals surface area contributed by atoms with Crippen LogP contribution >= 0.6 is 0 Å². The molecule has 0 aromatic carbocycles. The van der Waals surface area contributed by atoms with Crippen LogP contribution in [0.15, 0.2) is 10.6 Å². The Morgan fingerprint density at radius 1 is 1.35 bits per heavy atom. The van der Waals surface area contributed by atoms with Crippen LogP contribution in [0.2, 0.25) is 0 Å². The van der Waals surface area contributed by atoms with Gasteiger partial charge in [-0.1, -0.05) is 38.3 Å². The molecule has 0 radical (unpaired) electrons. The summed E-state index contributed by atoms with van der Waals surface area (Å²) < 4.78 is 5.47. The highest BCUT2D eigenvalue weighted by atomic mass is 16.5. The molecule has 3 heteroatoms. The predicted molar refractivity (Wildman–Crippen MR) is 68.9 cm³/mol. The molecule has 0 atom stereocenters. The van der Waals surface area contributed by atoms with Crippen molar-refractivity contribution in [3.8, 4) is 0 Å². The van der Waals surface area contributed by atoms with E-state index in [0.717, 1.165) is 24.5 Å². The fourth-order valence-corrected chi connectivity index (χ4v) is 2.48. The number of nitrogens with one attached hydrogen (secondary N) is 1. The van der Waals surface area contributed by atoms with Gasteiger partial charge in [0, 0.05) is 18.5 Å². The Hall–Kier alpha value is -0.830. The molecule has 1 aromatic rings. The molecule has 0 saturated heterocycles. The fourth-order valence-electron chi connectivity index (χ4n) is 2.48.